The van der Waals surface area contributed by atoms with Gasteiger partial charge in [-0.25, -0.2) is 0 Å². The lowest BCUT2D eigenvalue weighted by Crippen LogP contribution is -2.68. The second-order valence-electron chi connectivity index (χ2n) is 16.5. The highest BCUT2D eigenvalue weighted by molar-refractivity contribution is 5.99. The number of pyridine rings is 1. The van der Waals surface area contributed by atoms with E-state index in [2.05, 4.69) is 203 Å². The normalized spacial score (nSPS) is 15.7. The van der Waals surface area contributed by atoms with Gasteiger partial charge in [-0.2, -0.15) is 4.57 Å². The summed E-state index contributed by atoms with van der Waals surface area (Å²) in [5, 5.41) is 5.16. The van der Waals surface area contributed by atoms with Crippen molar-refractivity contribution < 1.29 is 4.57 Å². The van der Waals surface area contributed by atoms with Gasteiger partial charge in [-0.15, -0.1) is 0 Å². The molecule has 57 heavy (non-hydrogen) atoms. The van der Waals surface area contributed by atoms with Crippen LogP contribution in [0.4, 0.5) is 0 Å². The lowest BCUT2D eigenvalue weighted by molar-refractivity contribution is -0.768. The summed E-state index contributed by atoms with van der Waals surface area (Å²) in [6.45, 7) is 11.9. The highest BCUT2D eigenvalue weighted by Crippen LogP contribution is 2.53. The summed E-state index contributed by atoms with van der Waals surface area (Å²) in [5.74, 6) is 0. The smallest absolute Gasteiger partial charge is 0.192 e. The van der Waals surface area contributed by atoms with Crippen molar-refractivity contribution >= 4 is 21.5 Å². The number of nitrogens with zero attached hydrogens (tertiary/aromatic N) is 1. The first kappa shape index (κ1) is 36.8. The van der Waals surface area contributed by atoms with Gasteiger partial charge in [0.15, 0.2) is 11.7 Å². The fourth-order valence-corrected chi connectivity index (χ4v) is 10.4. The van der Waals surface area contributed by atoms with Crippen molar-refractivity contribution in [1.29, 1.82) is 0 Å². The van der Waals surface area contributed by atoms with E-state index in [1.54, 1.807) is 0 Å². The standard InChI is InChI=1S/C56H54N/c1-6-10-18-39-19-15-23-42(33-39)46-35-47(37-48(36-46)50-28-17-22-40-20-11-13-26-49(40)50)44-25-16-24-43(34-44)45-29-30-53-52(38-45)54-51-27-14-12-21-41(51)31-32-57(54)56(8-3,9-4)55(53,5)7-2/h11-17,19-38H,6-10,18H2,1-5H3/q+1. The molecular formula is C56H54N+. The molecule has 1 aliphatic rings. The van der Waals surface area contributed by atoms with Crippen molar-refractivity contribution in [2.45, 2.75) is 84.1 Å². The molecule has 1 aromatic heterocycles. The van der Waals surface area contributed by atoms with Gasteiger partial charge in [-0.3, -0.25) is 0 Å². The summed E-state index contributed by atoms with van der Waals surface area (Å²) in [6.07, 6.45) is 9.13. The van der Waals surface area contributed by atoms with Crippen LogP contribution in [0.25, 0.3) is 77.3 Å². The Morgan fingerprint density at radius 1 is 0.456 bits per heavy atom. The van der Waals surface area contributed by atoms with Crippen LogP contribution >= 0.6 is 0 Å². The van der Waals surface area contributed by atoms with Gasteiger partial charge in [0.05, 0.1) is 16.4 Å². The van der Waals surface area contributed by atoms with E-state index in [1.807, 2.05) is 0 Å². The Kier molecular flexibility index (Phi) is 9.65. The molecule has 0 bridgehead atoms. The number of hydrogen-bond donors (Lipinski definition) is 0. The largest absolute Gasteiger partial charge is 0.221 e. The Labute approximate surface area is 339 Å². The van der Waals surface area contributed by atoms with E-state index in [0.29, 0.717) is 0 Å². The van der Waals surface area contributed by atoms with Crippen LogP contribution in [-0.2, 0) is 17.4 Å². The molecule has 0 saturated carbocycles. The molecule has 0 radical (unpaired) electrons. The van der Waals surface area contributed by atoms with Crippen LogP contribution in [0.15, 0.2) is 164 Å². The Balaban J connectivity index is 1.21. The fourth-order valence-electron chi connectivity index (χ4n) is 10.4. The van der Waals surface area contributed by atoms with E-state index in [9.17, 15) is 0 Å². The third kappa shape index (κ3) is 6.11. The van der Waals surface area contributed by atoms with E-state index in [-0.39, 0.29) is 11.0 Å². The second-order valence-corrected chi connectivity index (χ2v) is 16.5. The molecule has 7 aromatic carbocycles. The van der Waals surface area contributed by atoms with E-state index in [1.165, 1.54) is 101 Å². The van der Waals surface area contributed by atoms with Gasteiger partial charge in [0.1, 0.15) is 0 Å². The van der Waals surface area contributed by atoms with Crippen molar-refractivity contribution in [1.82, 2.24) is 0 Å². The predicted molar refractivity (Wildman–Crippen MR) is 244 cm³/mol. The number of hydrogen-bond acceptors (Lipinski definition) is 0. The molecule has 0 saturated heterocycles. The molecule has 9 rings (SSSR count). The van der Waals surface area contributed by atoms with E-state index >= 15 is 0 Å². The van der Waals surface area contributed by atoms with Crippen LogP contribution in [0.3, 0.4) is 0 Å². The molecule has 0 N–H and O–H groups in total. The molecule has 0 amide bonds. The summed E-state index contributed by atoms with van der Waals surface area (Å²) in [5.41, 5.74) is 15.5. The van der Waals surface area contributed by atoms with Gasteiger partial charge in [-0.05, 0) is 134 Å². The van der Waals surface area contributed by atoms with Crippen molar-refractivity contribution in [3.05, 3.63) is 175 Å². The Bertz CT molecular complexity index is 2760. The first-order chi connectivity index (χ1) is 27.9. The van der Waals surface area contributed by atoms with Crippen LogP contribution < -0.4 is 4.57 Å². The van der Waals surface area contributed by atoms with Crippen molar-refractivity contribution in [2.24, 2.45) is 0 Å². The maximum atomic E-state index is 2.67. The number of unbranched alkanes of at least 4 members (excludes halogenated alkanes) is 1. The average Bonchev–Trinajstić information content (AvgIpc) is 3.28. The highest BCUT2D eigenvalue weighted by Gasteiger charge is 2.58. The minimum atomic E-state index is -0.0160. The van der Waals surface area contributed by atoms with Crippen LogP contribution in [-0.4, -0.2) is 0 Å². The van der Waals surface area contributed by atoms with Crippen LogP contribution in [0.2, 0.25) is 0 Å². The number of aromatic nitrogens is 1. The molecule has 1 heteroatoms. The molecule has 0 spiro atoms. The van der Waals surface area contributed by atoms with Crippen molar-refractivity contribution in [3.63, 3.8) is 0 Å². The van der Waals surface area contributed by atoms with Gasteiger partial charge in [-0.1, -0.05) is 149 Å². The summed E-state index contributed by atoms with van der Waals surface area (Å²) in [4.78, 5) is 0. The third-order valence-electron chi connectivity index (χ3n) is 13.7. The lowest BCUT2D eigenvalue weighted by Gasteiger charge is -2.48. The monoisotopic (exact) mass is 740 g/mol. The first-order valence-electron chi connectivity index (χ1n) is 21.3. The number of fused-ring (bicyclic) bond motifs is 6. The predicted octanol–water partition coefficient (Wildman–Crippen LogP) is 15.2. The zero-order valence-corrected chi connectivity index (χ0v) is 34.3. The van der Waals surface area contributed by atoms with Crippen LogP contribution in [0, 0.1) is 0 Å². The Morgan fingerprint density at radius 2 is 1.04 bits per heavy atom. The maximum absolute atomic E-state index is 2.67. The highest BCUT2D eigenvalue weighted by atomic mass is 15.1. The summed E-state index contributed by atoms with van der Waals surface area (Å²) in [7, 11) is 0. The molecule has 0 aliphatic carbocycles. The second kappa shape index (κ2) is 14.9. The third-order valence-corrected chi connectivity index (χ3v) is 13.7. The summed E-state index contributed by atoms with van der Waals surface area (Å²) in [6, 6.07) is 59.7. The molecule has 1 atom stereocenters. The van der Waals surface area contributed by atoms with Gasteiger partial charge in [0.2, 0.25) is 5.69 Å². The number of rotatable bonds is 10. The fraction of sp³-hybridized carbons (Fsp3) is 0.232. The molecule has 1 unspecified atom stereocenters. The summed E-state index contributed by atoms with van der Waals surface area (Å²) < 4.78 is 2.67. The SMILES string of the molecule is CCCCc1cccc(-c2cc(-c3cccc(-c4ccc5c(c4)-c4c6ccccc6cc[n+]4C(CC)(CC)C5(C)CC)c3)cc(-c3cccc4ccccc34)c2)c1. The van der Waals surface area contributed by atoms with Gasteiger partial charge in [0.25, 0.3) is 0 Å². The van der Waals surface area contributed by atoms with Gasteiger partial charge >= 0.3 is 0 Å². The van der Waals surface area contributed by atoms with Gasteiger partial charge in [0, 0.05) is 18.9 Å². The molecule has 1 nitrogen and oxygen atoms in total. The topological polar surface area (TPSA) is 3.88 Å². The molecule has 282 valence electrons. The molecular weight excluding hydrogens is 687 g/mol. The quantitative estimate of drug-likeness (QED) is 0.123. The van der Waals surface area contributed by atoms with E-state index in [4.69, 9.17) is 0 Å². The molecule has 8 aromatic rings. The lowest BCUT2D eigenvalue weighted by atomic mass is 9.58. The van der Waals surface area contributed by atoms with Crippen LogP contribution in [0.5, 0.6) is 0 Å². The van der Waals surface area contributed by atoms with Crippen LogP contribution in [0.1, 0.15) is 77.8 Å². The van der Waals surface area contributed by atoms with Crippen molar-refractivity contribution in [3.8, 4) is 55.8 Å². The Morgan fingerprint density at radius 3 is 1.75 bits per heavy atom. The summed E-state index contributed by atoms with van der Waals surface area (Å²) >= 11 is 0. The number of aryl methyl sites for hydroxylation is 1. The number of benzene rings is 7. The van der Waals surface area contributed by atoms with Crippen molar-refractivity contribution in [2.75, 3.05) is 0 Å². The Hall–Kier alpha value is -5.79. The minimum Gasteiger partial charge on any atom is -0.192 e. The zero-order valence-electron chi connectivity index (χ0n) is 34.3. The maximum Gasteiger partial charge on any atom is 0.221 e. The minimum absolute atomic E-state index is 0.0152. The van der Waals surface area contributed by atoms with Gasteiger partial charge < -0.3 is 0 Å². The molecule has 1 aliphatic heterocycles. The van der Waals surface area contributed by atoms with E-state index in [0.717, 1.165) is 25.7 Å². The molecule has 0 fully saturated rings. The van der Waals surface area contributed by atoms with E-state index < -0.39 is 0 Å². The first-order valence-corrected chi connectivity index (χ1v) is 21.3. The molecule has 2 heterocycles. The average molecular weight is 741 g/mol. The zero-order chi connectivity index (χ0) is 39.1.